The van der Waals surface area contributed by atoms with Crippen LogP contribution in [0.1, 0.15) is 27.0 Å². The predicted octanol–water partition coefficient (Wildman–Crippen LogP) is 7.73. The van der Waals surface area contributed by atoms with Gasteiger partial charge in [-0.25, -0.2) is 0 Å². The number of benzene rings is 4. The summed E-state index contributed by atoms with van der Waals surface area (Å²) in [5.41, 5.74) is 1.61. The van der Waals surface area contributed by atoms with Crippen LogP contribution in [0.5, 0.6) is 5.75 Å². The molecule has 4 aromatic carbocycles. The van der Waals surface area contributed by atoms with Gasteiger partial charge in [-0.05, 0) is 29.3 Å². The lowest BCUT2D eigenvalue weighted by molar-refractivity contribution is -0.136. The fraction of sp³-hybridized carbons (Fsp3) is 0.0667. The molecule has 36 heavy (non-hydrogen) atoms. The molecule has 0 aliphatic carbocycles. The standard InChI is InChI=1S/C30H20F3NO2/c31-30(32,33)26-13-7-12-24-27(25(18-34-28(24)26)29(35)22-10-5-2-6-11-22)21-14-16-23(17-15-21)36-19-20-8-3-1-4-9-20/h1-18H,19H2. The molecule has 0 radical (unpaired) electrons. The van der Waals surface area contributed by atoms with E-state index in [-0.39, 0.29) is 22.2 Å². The van der Waals surface area contributed by atoms with E-state index in [1.165, 1.54) is 12.3 Å². The second kappa shape index (κ2) is 9.66. The summed E-state index contributed by atoms with van der Waals surface area (Å²) in [6.45, 7) is 0.380. The number of ether oxygens (including phenoxy) is 1. The van der Waals surface area contributed by atoms with Crippen LogP contribution in [0.2, 0.25) is 0 Å². The molecule has 0 aliphatic rings. The summed E-state index contributed by atoms with van der Waals surface area (Å²) in [7, 11) is 0. The maximum atomic E-state index is 13.7. The van der Waals surface area contributed by atoms with Gasteiger partial charge in [-0.1, -0.05) is 84.9 Å². The number of carbonyl (C=O) groups excluding carboxylic acids is 1. The number of aromatic nitrogens is 1. The molecule has 5 rings (SSSR count). The molecule has 1 heterocycles. The average molecular weight is 483 g/mol. The van der Waals surface area contributed by atoms with Crippen molar-refractivity contribution >= 4 is 16.7 Å². The Labute approximate surface area is 205 Å². The Hall–Kier alpha value is -4.45. The number of carbonyl (C=O) groups is 1. The van der Waals surface area contributed by atoms with Gasteiger partial charge >= 0.3 is 6.18 Å². The van der Waals surface area contributed by atoms with E-state index in [0.29, 0.717) is 29.0 Å². The Kier molecular flexibility index (Phi) is 6.25. The van der Waals surface area contributed by atoms with Crippen LogP contribution >= 0.6 is 0 Å². The number of nitrogens with zero attached hydrogens (tertiary/aromatic N) is 1. The highest BCUT2D eigenvalue weighted by atomic mass is 19.4. The maximum absolute atomic E-state index is 13.7. The molecular weight excluding hydrogens is 463 g/mol. The van der Waals surface area contributed by atoms with Crippen LogP contribution in [0.15, 0.2) is 109 Å². The minimum atomic E-state index is -4.58. The number of para-hydroxylation sites is 1. The van der Waals surface area contributed by atoms with Crippen LogP contribution in [0.3, 0.4) is 0 Å². The van der Waals surface area contributed by atoms with Crippen LogP contribution in [-0.2, 0) is 12.8 Å². The van der Waals surface area contributed by atoms with E-state index in [2.05, 4.69) is 4.98 Å². The fourth-order valence-electron chi connectivity index (χ4n) is 4.14. The molecule has 0 saturated carbocycles. The van der Waals surface area contributed by atoms with Gasteiger partial charge in [0, 0.05) is 28.3 Å². The predicted molar refractivity (Wildman–Crippen MR) is 133 cm³/mol. The first kappa shape index (κ1) is 23.3. The minimum Gasteiger partial charge on any atom is -0.489 e. The molecule has 1 aromatic heterocycles. The van der Waals surface area contributed by atoms with Crippen LogP contribution in [-0.4, -0.2) is 10.8 Å². The Balaban J connectivity index is 1.61. The van der Waals surface area contributed by atoms with E-state index in [0.717, 1.165) is 11.6 Å². The first-order chi connectivity index (χ1) is 17.4. The van der Waals surface area contributed by atoms with E-state index in [1.807, 2.05) is 30.3 Å². The Morgan fingerprint density at radius 1 is 0.778 bits per heavy atom. The van der Waals surface area contributed by atoms with Crippen molar-refractivity contribution in [2.24, 2.45) is 0 Å². The van der Waals surface area contributed by atoms with Gasteiger partial charge in [-0.3, -0.25) is 9.78 Å². The Morgan fingerprint density at radius 2 is 1.44 bits per heavy atom. The molecular formula is C30H20F3NO2. The van der Waals surface area contributed by atoms with Gasteiger partial charge in [0.25, 0.3) is 0 Å². The third kappa shape index (κ3) is 4.70. The molecule has 0 atom stereocenters. The molecule has 6 heteroatoms. The zero-order valence-electron chi connectivity index (χ0n) is 19.0. The third-order valence-electron chi connectivity index (χ3n) is 5.87. The summed E-state index contributed by atoms with van der Waals surface area (Å²) in [6, 6.07) is 29.2. The summed E-state index contributed by atoms with van der Waals surface area (Å²) >= 11 is 0. The number of pyridine rings is 1. The van der Waals surface area contributed by atoms with Crippen molar-refractivity contribution in [2.45, 2.75) is 12.8 Å². The minimum absolute atomic E-state index is 0.200. The highest BCUT2D eigenvalue weighted by molar-refractivity contribution is 6.16. The lowest BCUT2D eigenvalue weighted by Gasteiger charge is -2.16. The van der Waals surface area contributed by atoms with Crippen molar-refractivity contribution in [1.82, 2.24) is 4.98 Å². The van der Waals surface area contributed by atoms with Crippen molar-refractivity contribution < 1.29 is 22.7 Å². The molecule has 5 aromatic rings. The first-order valence-corrected chi connectivity index (χ1v) is 11.3. The topological polar surface area (TPSA) is 39.2 Å². The van der Waals surface area contributed by atoms with Gasteiger partial charge < -0.3 is 4.74 Å². The quantitative estimate of drug-likeness (QED) is 0.232. The van der Waals surface area contributed by atoms with Crippen LogP contribution in [0.25, 0.3) is 22.0 Å². The summed E-state index contributed by atoms with van der Waals surface area (Å²) in [5.74, 6) is 0.287. The Bertz CT molecular complexity index is 1510. The monoisotopic (exact) mass is 483 g/mol. The molecule has 0 fully saturated rings. The van der Waals surface area contributed by atoms with Gasteiger partial charge in [0.1, 0.15) is 12.4 Å². The van der Waals surface area contributed by atoms with Gasteiger partial charge in [0.15, 0.2) is 5.78 Å². The van der Waals surface area contributed by atoms with Crippen molar-refractivity contribution in [3.05, 3.63) is 132 Å². The van der Waals surface area contributed by atoms with Crippen LogP contribution < -0.4 is 4.74 Å². The largest absolute Gasteiger partial charge is 0.489 e. The fourth-order valence-corrected chi connectivity index (χ4v) is 4.14. The van der Waals surface area contributed by atoms with E-state index in [9.17, 15) is 18.0 Å². The second-order valence-corrected chi connectivity index (χ2v) is 8.24. The van der Waals surface area contributed by atoms with E-state index in [4.69, 9.17) is 4.74 Å². The van der Waals surface area contributed by atoms with E-state index < -0.39 is 11.7 Å². The highest BCUT2D eigenvalue weighted by Gasteiger charge is 2.34. The number of hydrogen-bond donors (Lipinski definition) is 0. The summed E-state index contributed by atoms with van der Waals surface area (Å²) in [6.07, 6.45) is -3.34. The molecule has 0 aliphatic heterocycles. The molecule has 0 N–H and O–H groups in total. The number of fused-ring (bicyclic) bond motifs is 1. The van der Waals surface area contributed by atoms with Gasteiger partial charge in [-0.15, -0.1) is 0 Å². The lowest BCUT2D eigenvalue weighted by atomic mass is 9.91. The average Bonchev–Trinajstić information content (AvgIpc) is 2.91. The molecule has 0 bridgehead atoms. The number of rotatable bonds is 6. The van der Waals surface area contributed by atoms with Crippen LogP contribution in [0, 0.1) is 0 Å². The highest BCUT2D eigenvalue weighted by Crippen LogP contribution is 2.39. The second-order valence-electron chi connectivity index (χ2n) is 8.24. The third-order valence-corrected chi connectivity index (χ3v) is 5.87. The molecule has 0 saturated heterocycles. The van der Waals surface area contributed by atoms with Crippen LogP contribution in [0.4, 0.5) is 13.2 Å². The van der Waals surface area contributed by atoms with Crippen molar-refractivity contribution in [2.75, 3.05) is 0 Å². The smallest absolute Gasteiger partial charge is 0.418 e. The molecule has 3 nitrogen and oxygen atoms in total. The number of hydrogen-bond acceptors (Lipinski definition) is 3. The van der Waals surface area contributed by atoms with Gasteiger partial charge in [0.2, 0.25) is 0 Å². The molecule has 0 spiro atoms. The summed E-state index contributed by atoms with van der Waals surface area (Å²) < 4.78 is 47.0. The number of halogens is 3. The summed E-state index contributed by atoms with van der Waals surface area (Å²) in [5, 5.41) is 0.254. The first-order valence-electron chi connectivity index (χ1n) is 11.3. The van der Waals surface area contributed by atoms with Gasteiger partial charge in [-0.2, -0.15) is 13.2 Å². The molecule has 178 valence electrons. The number of ketones is 1. The van der Waals surface area contributed by atoms with Crippen molar-refractivity contribution in [3.63, 3.8) is 0 Å². The summed E-state index contributed by atoms with van der Waals surface area (Å²) in [4.78, 5) is 17.5. The number of alkyl halides is 3. The lowest BCUT2D eigenvalue weighted by Crippen LogP contribution is -2.09. The zero-order chi connectivity index (χ0) is 25.1. The molecule has 0 unspecified atom stereocenters. The normalized spacial score (nSPS) is 11.4. The van der Waals surface area contributed by atoms with Crippen molar-refractivity contribution in [1.29, 1.82) is 0 Å². The SMILES string of the molecule is O=C(c1ccccc1)c1cnc2c(C(F)(F)F)cccc2c1-c1ccc(OCc2ccccc2)cc1. The van der Waals surface area contributed by atoms with Crippen molar-refractivity contribution in [3.8, 4) is 16.9 Å². The van der Waals surface area contributed by atoms with Gasteiger partial charge in [0.05, 0.1) is 11.1 Å². The van der Waals surface area contributed by atoms with E-state index in [1.54, 1.807) is 60.7 Å². The zero-order valence-corrected chi connectivity index (χ0v) is 19.0. The molecule has 0 amide bonds. The maximum Gasteiger partial charge on any atom is 0.418 e. The van der Waals surface area contributed by atoms with E-state index >= 15 is 0 Å². The Morgan fingerprint density at radius 3 is 2.11 bits per heavy atom.